The molecule has 1 saturated heterocycles. The number of piperazine rings is 1. The van der Waals surface area contributed by atoms with Crippen LogP contribution < -0.4 is 9.64 Å². The van der Waals surface area contributed by atoms with E-state index in [9.17, 15) is 4.79 Å². The molecule has 2 heterocycles. The van der Waals surface area contributed by atoms with Crippen LogP contribution in [0.25, 0.3) is 11.3 Å². The number of ether oxygens (including phenoxy) is 1. The fourth-order valence-corrected chi connectivity index (χ4v) is 3.63. The van der Waals surface area contributed by atoms with Crippen LogP contribution in [0.2, 0.25) is 0 Å². The molecule has 30 heavy (non-hydrogen) atoms. The summed E-state index contributed by atoms with van der Waals surface area (Å²) in [5, 5.41) is 0. The molecule has 2 aromatic carbocycles. The van der Waals surface area contributed by atoms with Crippen LogP contribution >= 0.6 is 0 Å². The van der Waals surface area contributed by atoms with Crippen molar-refractivity contribution in [3.05, 3.63) is 72.6 Å². The first-order valence-electron chi connectivity index (χ1n) is 10.3. The van der Waals surface area contributed by atoms with E-state index in [1.807, 2.05) is 72.5 Å². The average molecular weight is 402 g/mol. The van der Waals surface area contributed by atoms with Gasteiger partial charge in [-0.3, -0.25) is 4.79 Å². The second kappa shape index (κ2) is 9.39. The van der Waals surface area contributed by atoms with Crippen LogP contribution in [0.4, 0.5) is 5.82 Å². The highest BCUT2D eigenvalue weighted by Crippen LogP contribution is 2.21. The van der Waals surface area contributed by atoms with Gasteiger partial charge in [0.25, 0.3) is 0 Å². The molecule has 1 aliphatic heterocycles. The summed E-state index contributed by atoms with van der Waals surface area (Å²) < 4.78 is 5.46. The lowest BCUT2D eigenvalue weighted by molar-refractivity contribution is -0.130. The zero-order valence-corrected chi connectivity index (χ0v) is 17.2. The molecule has 0 saturated carbocycles. The van der Waals surface area contributed by atoms with Gasteiger partial charge in [-0.25, -0.2) is 9.97 Å². The number of carbonyl (C=O) groups is 1. The standard InChI is InChI=1S/C24H26N4O2/c1-2-30-21-10-8-19(9-11-21)16-24(29)28-14-12-27(13-15-28)23-17-22(25-18-26-23)20-6-4-3-5-7-20/h3-11,17-18H,2,12-16H2,1H3. The maximum absolute atomic E-state index is 12.7. The minimum Gasteiger partial charge on any atom is -0.494 e. The zero-order valence-electron chi connectivity index (χ0n) is 17.2. The van der Waals surface area contributed by atoms with E-state index in [-0.39, 0.29) is 5.91 Å². The molecule has 0 spiro atoms. The molecular weight excluding hydrogens is 376 g/mol. The molecule has 1 fully saturated rings. The highest BCUT2D eigenvalue weighted by Gasteiger charge is 2.22. The fraction of sp³-hybridized carbons (Fsp3) is 0.292. The van der Waals surface area contributed by atoms with Gasteiger partial charge < -0.3 is 14.5 Å². The summed E-state index contributed by atoms with van der Waals surface area (Å²) in [6, 6.07) is 19.9. The SMILES string of the molecule is CCOc1ccc(CC(=O)N2CCN(c3cc(-c4ccccc4)ncn3)CC2)cc1. The largest absolute Gasteiger partial charge is 0.494 e. The number of amides is 1. The molecule has 0 radical (unpaired) electrons. The van der Waals surface area contributed by atoms with Gasteiger partial charge in [-0.05, 0) is 24.6 Å². The Hall–Kier alpha value is -3.41. The molecule has 1 amide bonds. The number of carbonyl (C=O) groups excluding carboxylic acids is 1. The Kier molecular flexibility index (Phi) is 6.23. The van der Waals surface area contributed by atoms with Gasteiger partial charge in [0, 0.05) is 37.8 Å². The lowest BCUT2D eigenvalue weighted by Crippen LogP contribution is -2.49. The molecule has 4 rings (SSSR count). The minimum atomic E-state index is 0.159. The smallest absolute Gasteiger partial charge is 0.227 e. The maximum Gasteiger partial charge on any atom is 0.227 e. The van der Waals surface area contributed by atoms with E-state index in [0.717, 1.165) is 41.5 Å². The van der Waals surface area contributed by atoms with E-state index in [1.165, 1.54) is 0 Å². The van der Waals surface area contributed by atoms with Crippen LogP contribution in [0.5, 0.6) is 5.75 Å². The van der Waals surface area contributed by atoms with E-state index in [1.54, 1.807) is 6.33 Å². The van der Waals surface area contributed by atoms with Gasteiger partial charge in [0.2, 0.25) is 5.91 Å². The molecule has 154 valence electrons. The molecule has 0 N–H and O–H groups in total. The quantitative estimate of drug-likeness (QED) is 0.632. The second-order valence-corrected chi connectivity index (χ2v) is 7.25. The van der Waals surface area contributed by atoms with Crippen molar-refractivity contribution in [2.24, 2.45) is 0 Å². The van der Waals surface area contributed by atoms with Crippen molar-refractivity contribution in [2.75, 3.05) is 37.7 Å². The van der Waals surface area contributed by atoms with Crippen molar-refractivity contribution >= 4 is 11.7 Å². The van der Waals surface area contributed by atoms with Crippen molar-refractivity contribution in [1.82, 2.24) is 14.9 Å². The molecule has 3 aromatic rings. The molecule has 0 bridgehead atoms. The molecule has 6 nitrogen and oxygen atoms in total. The molecule has 1 aromatic heterocycles. The van der Waals surface area contributed by atoms with Gasteiger partial charge in [-0.15, -0.1) is 0 Å². The van der Waals surface area contributed by atoms with Gasteiger partial charge in [0.15, 0.2) is 0 Å². The number of anilines is 1. The van der Waals surface area contributed by atoms with E-state index in [2.05, 4.69) is 14.9 Å². The summed E-state index contributed by atoms with van der Waals surface area (Å²) in [5.41, 5.74) is 2.99. The van der Waals surface area contributed by atoms with E-state index in [0.29, 0.717) is 26.1 Å². The Morgan fingerprint density at radius 3 is 2.40 bits per heavy atom. The highest BCUT2D eigenvalue weighted by atomic mass is 16.5. The van der Waals surface area contributed by atoms with Gasteiger partial charge in [0.05, 0.1) is 18.7 Å². The summed E-state index contributed by atoms with van der Waals surface area (Å²) in [4.78, 5) is 25.7. The van der Waals surface area contributed by atoms with Gasteiger partial charge >= 0.3 is 0 Å². The number of hydrogen-bond acceptors (Lipinski definition) is 5. The number of aromatic nitrogens is 2. The topological polar surface area (TPSA) is 58.6 Å². The Morgan fingerprint density at radius 2 is 1.70 bits per heavy atom. The van der Waals surface area contributed by atoms with Gasteiger partial charge in [-0.2, -0.15) is 0 Å². The predicted molar refractivity (Wildman–Crippen MR) is 118 cm³/mol. The van der Waals surface area contributed by atoms with Crippen LogP contribution in [-0.2, 0) is 11.2 Å². The molecule has 6 heteroatoms. The molecule has 0 aliphatic carbocycles. The fourth-order valence-electron chi connectivity index (χ4n) is 3.63. The first kappa shape index (κ1) is 19.9. The average Bonchev–Trinajstić information content (AvgIpc) is 2.81. The van der Waals surface area contributed by atoms with E-state index >= 15 is 0 Å². The second-order valence-electron chi connectivity index (χ2n) is 7.25. The normalized spacial score (nSPS) is 13.9. The molecule has 0 unspecified atom stereocenters. The van der Waals surface area contributed by atoms with E-state index < -0.39 is 0 Å². The van der Waals surface area contributed by atoms with Crippen LogP contribution in [-0.4, -0.2) is 53.6 Å². The summed E-state index contributed by atoms with van der Waals surface area (Å²) in [6.07, 6.45) is 2.03. The Balaban J connectivity index is 1.34. The third kappa shape index (κ3) is 4.76. The van der Waals surface area contributed by atoms with Crippen LogP contribution in [0.1, 0.15) is 12.5 Å². The highest BCUT2D eigenvalue weighted by molar-refractivity contribution is 5.79. The van der Waals surface area contributed by atoms with Crippen molar-refractivity contribution in [3.63, 3.8) is 0 Å². The van der Waals surface area contributed by atoms with Crippen molar-refractivity contribution in [3.8, 4) is 17.0 Å². The van der Waals surface area contributed by atoms with Crippen LogP contribution in [0, 0.1) is 0 Å². The van der Waals surface area contributed by atoms with E-state index in [4.69, 9.17) is 4.74 Å². The Morgan fingerprint density at radius 1 is 0.967 bits per heavy atom. The molecular formula is C24H26N4O2. The Labute approximate surface area is 177 Å². The lowest BCUT2D eigenvalue weighted by atomic mass is 10.1. The summed E-state index contributed by atoms with van der Waals surface area (Å²) in [7, 11) is 0. The summed E-state index contributed by atoms with van der Waals surface area (Å²) in [6.45, 7) is 5.52. The summed E-state index contributed by atoms with van der Waals surface area (Å²) in [5.74, 6) is 1.90. The van der Waals surface area contributed by atoms with Crippen molar-refractivity contribution in [1.29, 1.82) is 0 Å². The van der Waals surface area contributed by atoms with Crippen LogP contribution in [0.3, 0.4) is 0 Å². The zero-order chi connectivity index (χ0) is 20.8. The third-order valence-electron chi connectivity index (χ3n) is 5.27. The first-order chi connectivity index (χ1) is 14.7. The first-order valence-corrected chi connectivity index (χ1v) is 10.3. The predicted octanol–water partition coefficient (Wildman–Crippen LogP) is 3.43. The minimum absolute atomic E-state index is 0.159. The number of rotatable bonds is 6. The molecule has 1 aliphatic rings. The third-order valence-corrected chi connectivity index (χ3v) is 5.27. The Bertz CT molecular complexity index is 968. The monoisotopic (exact) mass is 402 g/mol. The summed E-state index contributed by atoms with van der Waals surface area (Å²) >= 11 is 0. The maximum atomic E-state index is 12.7. The van der Waals surface area contributed by atoms with Crippen LogP contribution in [0.15, 0.2) is 67.0 Å². The van der Waals surface area contributed by atoms with Gasteiger partial charge in [0.1, 0.15) is 17.9 Å². The van der Waals surface area contributed by atoms with Crippen molar-refractivity contribution in [2.45, 2.75) is 13.3 Å². The number of hydrogen-bond donors (Lipinski definition) is 0. The number of nitrogens with zero attached hydrogens (tertiary/aromatic N) is 4. The molecule has 0 atom stereocenters. The number of benzene rings is 2. The van der Waals surface area contributed by atoms with Crippen molar-refractivity contribution < 1.29 is 9.53 Å². The van der Waals surface area contributed by atoms with Gasteiger partial charge in [-0.1, -0.05) is 42.5 Å². The lowest BCUT2D eigenvalue weighted by Gasteiger charge is -2.35.